The molecule has 5 heterocycles. The van der Waals surface area contributed by atoms with Crippen LogP contribution in [0.2, 0.25) is 0 Å². The number of pyridine rings is 1. The number of likely N-dealkylation sites (tertiary alicyclic amines) is 1. The number of hydrogen-bond acceptors (Lipinski definition) is 11. The first-order valence-electron chi connectivity index (χ1n) is 22.4. The summed E-state index contributed by atoms with van der Waals surface area (Å²) in [5, 5.41) is 17.7. The molecular formula is C49H61N8O9+. The maximum Gasteiger partial charge on any atom is 0.324 e. The number of likely N-dealkylation sites (N-methyl/N-ethyl adjacent to an activating group) is 1. The Morgan fingerprint density at radius 2 is 1.80 bits per heavy atom. The summed E-state index contributed by atoms with van der Waals surface area (Å²) in [4.78, 5) is 75.7. The monoisotopic (exact) mass is 905 g/mol. The fraction of sp³-hybridized carbons (Fsp3) is 0.449. The molecule has 2 aromatic heterocycles. The standard InChI is InChI=1S/C49H60N8O9/c1-10-42(59)54-18-16-33(27-54)57(63)53(7)44(29(3)4)46(60)51-38-21-30-19-32(22-34(58)20-30)31-14-15-39-35(23-31)36(45(55(39)11-2)43-40(64-8)25-50-26-41(43)65-9)24-49(5,6)28-66-48(62)37-13-12-17-56(52-37)47(38)61/h10,14-15,19-20,22-23,25-26,33,37-38,52H,1,11-13,16-18,21,24,27-28H2,2-9H3,(H-,51,58,60)/p+1/t33-,37-,38-/m0/s1. The van der Waals surface area contributed by atoms with Gasteiger partial charge < -0.3 is 34.1 Å². The molecule has 3 aliphatic heterocycles. The molecule has 7 rings (SSSR count). The van der Waals surface area contributed by atoms with E-state index in [2.05, 4.69) is 39.9 Å². The van der Waals surface area contributed by atoms with Gasteiger partial charge in [-0.2, -0.15) is 0 Å². The van der Waals surface area contributed by atoms with Gasteiger partial charge in [-0.3, -0.25) is 29.2 Å². The number of methoxy groups -OCH3 is 2. The molecule has 3 atom stereocenters. The van der Waals surface area contributed by atoms with Crippen LogP contribution in [0.25, 0.3) is 33.3 Å². The Bertz CT molecular complexity index is 2590. The Morgan fingerprint density at radius 1 is 1.08 bits per heavy atom. The molecule has 3 amide bonds. The lowest BCUT2D eigenvalue weighted by Crippen LogP contribution is -2.61. The van der Waals surface area contributed by atoms with Gasteiger partial charge in [0.2, 0.25) is 5.91 Å². The summed E-state index contributed by atoms with van der Waals surface area (Å²) in [6.07, 6.45) is 6.24. The molecular weight excluding hydrogens is 845 g/mol. The molecule has 3 aliphatic rings. The van der Waals surface area contributed by atoms with Crippen LogP contribution in [0, 0.1) is 10.3 Å². The number of aryl methyl sites for hydroxylation is 1. The maximum absolute atomic E-state index is 14.7. The number of cyclic esters (lactones) is 1. The quantitative estimate of drug-likeness (QED) is 0.0790. The molecule has 0 aliphatic carbocycles. The SMILES string of the molecule is C=CC(=O)N1CC[C@H]([N+](=O)N(C)C(C(=O)N[C@H]2Cc3cc(O)cc(c3)-c3ccc4c(c3)c(c(-c3c(OC)cncc3OC)n4CC)CC(C)(C)COC(=O)[C@@H]3CCCN(N3)C2=O)=C(C)C)C1. The fourth-order valence-electron chi connectivity index (χ4n) is 9.48. The number of amides is 3. The number of aromatic hydroxyl groups is 1. The van der Waals surface area contributed by atoms with Crippen molar-refractivity contribution >= 4 is 34.6 Å². The van der Waals surface area contributed by atoms with E-state index in [9.17, 15) is 29.2 Å². The molecule has 2 aromatic carbocycles. The molecule has 66 heavy (non-hydrogen) atoms. The summed E-state index contributed by atoms with van der Waals surface area (Å²) in [5.74, 6) is -0.965. The minimum atomic E-state index is -1.22. The molecule has 0 saturated carbocycles. The van der Waals surface area contributed by atoms with Gasteiger partial charge in [0, 0.05) is 48.8 Å². The van der Waals surface area contributed by atoms with E-state index >= 15 is 0 Å². The summed E-state index contributed by atoms with van der Waals surface area (Å²) in [5.41, 5.74) is 8.59. The predicted octanol–water partition coefficient (Wildman–Crippen LogP) is 5.47. The van der Waals surface area contributed by atoms with Crippen molar-refractivity contribution in [1.29, 1.82) is 0 Å². The first kappa shape index (κ1) is 47.2. The van der Waals surface area contributed by atoms with E-state index in [0.717, 1.165) is 33.3 Å². The van der Waals surface area contributed by atoms with Crippen molar-refractivity contribution in [3.05, 3.63) is 88.8 Å². The molecule has 0 unspecified atom stereocenters. The number of nitroso groups, excluding NO2 is 1. The summed E-state index contributed by atoms with van der Waals surface area (Å²) >= 11 is 0. The van der Waals surface area contributed by atoms with Crippen LogP contribution in [0.4, 0.5) is 0 Å². The number of nitrogens with zero attached hydrogens (tertiary/aromatic N) is 6. The second-order valence-corrected chi connectivity index (χ2v) is 18.2. The van der Waals surface area contributed by atoms with Crippen molar-refractivity contribution in [3.8, 4) is 39.6 Å². The number of hydrazine groups is 2. The second-order valence-electron chi connectivity index (χ2n) is 18.2. The number of nitrogens with one attached hydrogen (secondary N) is 2. The average molecular weight is 906 g/mol. The number of carbonyl (C=O) groups excluding carboxylic acids is 4. The zero-order chi connectivity index (χ0) is 47.6. The number of phenols is 1. The molecule has 6 bridgehead atoms. The minimum absolute atomic E-state index is 0.0301. The van der Waals surface area contributed by atoms with E-state index in [4.69, 9.17) is 14.2 Å². The second kappa shape index (κ2) is 19.4. The van der Waals surface area contributed by atoms with Crippen molar-refractivity contribution in [2.75, 3.05) is 47.5 Å². The largest absolute Gasteiger partial charge is 0.508 e. The lowest BCUT2D eigenvalue weighted by molar-refractivity contribution is -0.716. The molecule has 2 fully saturated rings. The Hall–Kier alpha value is -6.75. The molecule has 0 radical (unpaired) electrons. The zero-order valence-corrected chi connectivity index (χ0v) is 39.1. The Balaban J connectivity index is 1.32. The van der Waals surface area contributed by atoms with Crippen LogP contribution in [-0.4, -0.2) is 124 Å². The third kappa shape index (κ3) is 9.48. The van der Waals surface area contributed by atoms with Gasteiger partial charge in [0.1, 0.15) is 34.2 Å². The van der Waals surface area contributed by atoms with E-state index < -0.39 is 41.3 Å². The van der Waals surface area contributed by atoms with E-state index in [-0.39, 0.29) is 43.5 Å². The van der Waals surface area contributed by atoms with Gasteiger partial charge in [-0.05, 0) is 98.2 Å². The van der Waals surface area contributed by atoms with Crippen LogP contribution in [0.15, 0.2) is 72.7 Å². The first-order valence-corrected chi connectivity index (χ1v) is 22.4. The van der Waals surface area contributed by atoms with Crippen LogP contribution in [-0.2, 0) is 43.3 Å². The van der Waals surface area contributed by atoms with Gasteiger partial charge in [-0.15, -0.1) is 5.01 Å². The van der Waals surface area contributed by atoms with Crippen LogP contribution in [0.5, 0.6) is 17.2 Å². The predicted molar refractivity (Wildman–Crippen MR) is 248 cm³/mol. The average Bonchev–Trinajstić information content (AvgIpc) is 3.91. The molecule has 0 spiro atoms. The highest BCUT2D eigenvalue weighted by molar-refractivity contribution is 5.98. The normalized spacial score (nSPS) is 19.7. The molecule has 350 valence electrons. The number of rotatable bonds is 10. The molecule has 4 aromatic rings. The summed E-state index contributed by atoms with van der Waals surface area (Å²) in [6.45, 7) is 14.5. The Labute approximate surface area is 384 Å². The molecule has 2 saturated heterocycles. The number of fused-ring (bicyclic) bond motifs is 6. The van der Waals surface area contributed by atoms with Crippen LogP contribution in [0.3, 0.4) is 0 Å². The van der Waals surface area contributed by atoms with Crippen molar-refractivity contribution in [2.45, 2.75) is 91.4 Å². The summed E-state index contributed by atoms with van der Waals surface area (Å²) in [7, 11) is 4.67. The van der Waals surface area contributed by atoms with E-state index in [1.54, 1.807) is 52.6 Å². The Morgan fingerprint density at radius 3 is 2.47 bits per heavy atom. The van der Waals surface area contributed by atoms with Gasteiger partial charge >= 0.3 is 5.97 Å². The van der Waals surface area contributed by atoms with Gasteiger partial charge in [-0.25, -0.2) is 5.43 Å². The van der Waals surface area contributed by atoms with E-state index in [0.29, 0.717) is 71.8 Å². The topological polar surface area (TPSA) is 188 Å². The first-order chi connectivity index (χ1) is 31.5. The molecule has 17 nitrogen and oxygen atoms in total. The number of ether oxygens (including phenoxy) is 3. The van der Waals surface area contributed by atoms with Crippen LogP contribution < -0.4 is 20.2 Å². The van der Waals surface area contributed by atoms with Crippen molar-refractivity contribution in [3.63, 3.8) is 0 Å². The van der Waals surface area contributed by atoms with Gasteiger partial charge in [-0.1, -0.05) is 32.6 Å². The highest BCUT2D eigenvalue weighted by Crippen LogP contribution is 2.46. The number of aromatic nitrogens is 2. The van der Waals surface area contributed by atoms with Crippen LogP contribution in [0.1, 0.15) is 65.0 Å². The lowest BCUT2D eigenvalue weighted by atomic mass is 9.84. The highest BCUT2D eigenvalue weighted by Gasteiger charge is 2.42. The summed E-state index contributed by atoms with van der Waals surface area (Å²) in [6, 6.07) is 8.53. The van der Waals surface area contributed by atoms with Crippen molar-refractivity contribution < 1.29 is 43.4 Å². The Kier molecular flexibility index (Phi) is 13.9. The lowest BCUT2D eigenvalue weighted by Gasteiger charge is -2.35. The number of phenolic OH excluding ortho intramolecular Hbond substituents is 1. The fourth-order valence-corrected chi connectivity index (χ4v) is 9.48. The number of allylic oxidation sites excluding steroid dienone is 1. The highest BCUT2D eigenvalue weighted by atomic mass is 16.5. The van der Waals surface area contributed by atoms with E-state index in [1.807, 2.05) is 32.0 Å². The molecule has 17 heteroatoms. The van der Waals surface area contributed by atoms with Gasteiger partial charge in [0.05, 0.1) is 63.0 Å². The molecule has 3 N–H and O–H groups in total. The number of carbonyl (C=O) groups is 4. The number of hydrogen-bond donors (Lipinski definition) is 3. The van der Waals surface area contributed by atoms with Crippen molar-refractivity contribution in [1.82, 2.24) is 35.2 Å². The van der Waals surface area contributed by atoms with E-state index in [1.165, 1.54) is 28.0 Å². The smallest absolute Gasteiger partial charge is 0.324 e. The number of esters is 1. The summed E-state index contributed by atoms with van der Waals surface area (Å²) < 4.78 is 20.1. The van der Waals surface area contributed by atoms with Crippen molar-refractivity contribution in [2.24, 2.45) is 5.41 Å². The van der Waals surface area contributed by atoms with Crippen LogP contribution >= 0.6 is 0 Å². The minimum Gasteiger partial charge on any atom is -0.508 e. The number of benzene rings is 2. The van der Waals surface area contributed by atoms with Gasteiger partial charge in [0.15, 0.2) is 5.70 Å². The zero-order valence-electron chi connectivity index (χ0n) is 39.1. The van der Waals surface area contributed by atoms with Gasteiger partial charge in [0.25, 0.3) is 17.9 Å². The third-order valence-corrected chi connectivity index (χ3v) is 12.7. The maximum atomic E-state index is 14.7. The third-order valence-electron chi connectivity index (χ3n) is 12.7.